The number of nitrogens with zero attached hydrogens (tertiary/aromatic N) is 3. The Hall–Kier alpha value is -2.54. The number of fused-ring (bicyclic) bond motifs is 1. The third-order valence-corrected chi connectivity index (χ3v) is 7.61. The van der Waals surface area contributed by atoms with Crippen molar-refractivity contribution in [2.45, 2.75) is 58.3 Å². The van der Waals surface area contributed by atoms with Gasteiger partial charge >= 0.3 is 0 Å². The molecule has 1 atom stereocenters. The highest BCUT2D eigenvalue weighted by molar-refractivity contribution is 6.31. The van der Waals surface area contributed by atoms with Crippen LogP contribution in [0.4, 0.5) is 0 Å². The number of hydrogen-bond donors (Lipinski definition) is 1. The number of rotatable bonds is 3. The number of likely N-dealkylation sites (tertiary alicyclic amines) is 1. The summed E-state index contributed by atoms with van der Waals surface area (Å²) in [5.74, 6) is 0.584. The van der Waals surface area contributed by atoms with Crippen LogP contribution in [0, 0.1) is 12.3 Å². The number of carbonyl (C=O) groups is 2. The summed E-state index contributed by atoms with van der Waals surface area (Å²) in [7, 11) is 1.92. The van der Waals surface area contributed by atoms with Gasteiger partial charge in [-0.3, -0.25) is 14.3 Å². The van der Waals surface area contributed by atoms with Gasteiger partial charge in [0.1, 0.15) is 5.75 Å². The first-order chi connectivity index (χ1) is 16.4. The molecule has 3 heterocycles. The van der Waals surface area contributed by atoms with Crippen molar-refractivity contribution >= 4 is 23.4 Å². The zero-order valence-corrected chi connectivity index (χ0v) is 21.0. The summed E-state index contributed by atoms with van der Waals surface area (Å²) < 4.78 is 7.71. The van der Waals surface area contributed by atoms with E-state index in [-0.39, 0.29) is 17.2 Å². The van der Waals surface area contributed by atoms with E-state index in [9.17, 15) is 9.59 Å². The highest BCUT2D eigenvalue weighted by Crippen LogP contribution is 2.36. The third kappa shape index (κ3) is 5.74. The molecule has 8 heteroatoms. The van der Waals surface area contributed by atoms with Crippen molar-refractivity contribution < 1.29 is 14.3 Å². The SMILES string of the molecule is Cc1c(CCC(=O)N2CCCC3(CCCCCOc4ccc(Cl)cc4C(=O)NC3)C2)cnn1C. The van der Waals surface area contributed by atoms with Crippen LogP contribution in [0.5, 0.6) is 5.75 Å². The molecule has 1 N–H and O–H groups in total. The standard InChI is InChI=1S/C26H35ClN4O3/c1-19-20(16-29-30(19)2)7-10-24(32)31-13-6-12-26(18-31)11-4-3-5-14-34-23-9-8-21(27)15-22(23)25(33)28-17-26/h8-9,15-16H,3-7,10-14,17-18H2,1-2H3,(H,28,33). The number of benzene rings is 1. The van der Waals surface area contributed by atoms with Gasteiger partial charge in [-0.2, -0.15) is 5.10 Å². The number of piperidine rings is 1. The summed E-state index contributed by atoms with van der Waals surface area (Å²) in [6.45, 7) is 4.63. The summed E-state index contributed by atoms with van der Waals surface area (Å²) in [4.78, 5) is 28.2. The zero-order chi connectivity index (χ0) is 24.1. The maximum Gasteiger partial charge on any atom is 0.255 e. The van der Waals surface area contributed by atoms with E-state index in [1.54, 1.807) is 18.2 Å². The van der Waals surface area contributed by atoms with Crippen LogP contribution < -0.4 is 10.1 Å². The lowest BCUT2D eigenvalue weighted by molar-refractivity contribution is -0.134. The van der Waals surface area contributed by atoms with Crippen molar-refractivity contribution in [3.05, 3.63) is 46.2 Å². The number of aryl methyl sites for hydroxylation is 2. The van der Waals surface area contributed by atoms with Gasteiger partial charge in [-0.05, 0) is 62.8 Å². The summed E-state index contributed by atoms with van der Waals surface area (Å²) in [6, 6.07) is 5.18. The summed E-state index contributed by atoms with van der Waals surface area (Å²) >= 11 is 6.16. The first kappa shape index (κ1) is 24.6. The fraction of sp³-hybridized carbons (Fsp3) is 0.577. The first-order valence-electron chi connectivity index (χ1n) is 12.3. The number of halogens is 1. The molecule has 0 radical (unpaired) electrons. The van der Waals surface area contributed by atoms with Crippen LogP contribution in [0.25, 0.3) is 0 Å². The molecule has 7 nitrogen and oxygen atoms in total. The van der Waals surface area contributed by atoms with Gasteiger partial charge in [-0.15, -0.1) is 0 Å². The van der Waals surface area contributed by atoms with Crippen LogP contribution in [0.2, 0.25) is 5.02 Å². The van der Waals surface area contributed by atoms with E-state index in [1.165, 1.54) is 0 Å². The monoisotopic (exact) mass is 486 g/mol. The molecule has 0 bridgehead atoms. The quantitative estimate of drug-likeness (QED) is 0.701. The summed E-state index contributed by atoms with van der Waals surface area (Å²) in [5.41, 5.74) is 2.60. The molecule has 2 aliphatic heterocycles. The lowest BCUT2D eigenvalue weighted by Gasteiger charge is -2.43. The Labute approximate surface area is 206 Å². The van der Waals surface area contributed by atoms with E-state index in [1.807, 2.05) is 29.7 Å². The van der Waals surface area contributed by atoms with Gasteiger partial charge in [0.15, 0.2) is 0 Å². The van der Waals surface area contributed by atoms with Gasteiger partial charge < -0.3 is 15.0 Å². The van der Waals surface area contributed by atoms with Gasteiger partial charge in [0.05, 0.1) is 18.4 Å². The lowest BCUT2D eigenvalue weighted by Crippen LogP contribution is -2.51. The molecule has 1 aromatic carbocycles. The highest BCUT2D eigenvalue weighted by atomic mass is 35.5. The van der Waals surface area contributed by atoms with E-state index < -0.39 is 0 Å². The van der Waals surface area contributed by atoms with Crippen LogP contribution >= 0.6 is 11.6 Å². The summed E-state index contributed by atoms with van der Waals surface area (Å²) in [6.07, 6.45) is 9.06. The third-order valence-electron chi connectivity index (χ3n) is 7.38. The molecule has 0 aliphatic carbocycles. The fourth-order valence-corrected chi connectivity index (χ4v) is 5.35. The largest absolute Gasteiger partial charge is 0.493 e. The van der Waals surface area contributed by atoms with Crippen LogP contribution in [0.3, 0.4) is 0 Å². The molecule has 2 aliphatic rings. The predicted octanol–water partition coefficient (Wildman–Crippen LogP) is 4.31. The number of aromatic nitrogens is 2. The normalized spacial score (nSPS) is 21.7. The zero-order valence-electron chi connectivity index (χ0n) is 20.2. The van der Waals surface area contributed by atoms with Crippen LogP contribution in [-0.4, -0.2) is 52.7 Å². The Morgan fingerprint density at radius 3 is 2.85 bits per heavy atom. The second kappa shape index (κ2) is 10.8. The number of nitrogens with one attached hydrogen (secondary N) is 1. The average molecular weight is 487 g/mol. The molecule has 0 saturated carbocycles. The van der Waals surface area contributed by atoms with Crippen molar-refractivity contribution in [1.82, 2.24) is 20.0 Å². The van der Waals surface area contributed by atoms with Crippen molar-refractivity contribution in [2.24, 2.45) is 12.5 Å². The number of amides is 2. The summed E-state index contributed by atoms with van der Waals surface area (Å²) in [5, 5.41) is 7.95. The smallest absolute Gasteiger partial charge is 0.255 e. The van der Waals surface area contributed by atoms with E-state index in [0.29, 0.717) is 48.9 Å². The molecule has 2 amide bonds. The Kier molecular flexibility index (Phi) is 7.81. The Morgan fingerprint density at radius 1 is 1.24 bits per heavy atom. The van der Waals surface area contributed by atoms with Gasteiger partial charge in [0, 0.05) is 49.2 Å². The molecule has 184 valence electrons. The minimum atomic E-state index is -0.173. The second-order valence-corrected chi connectivity index (χ2v) is 10.2. The van der Waals surface area contributed by atoms with Gasteiger partial charge in [-0.25, -0.2) is 0 Å². The van der Waals surface area contributed by atoms with Gasteiger partial charge in [-0.1, -0.05) is 24.4 Å². The van der Waals surface area contributed by atoms with Crippen molar-refractivity contribution in [2.75, 3.05) is 26.2 Å². The predicted molar refractivity (Wildman–Crippen MR) is 132 cm³/mol. The van der Waals surface area contributed by atoms with E-state index in [0.717, 1.165) is 56.3 Å². The molecule has 4 rings (SSSR count). The maximum atomic E-state index is 13.1. The molecule has 34 heavy (non-hydrogen) atoms. The van der Waals surface area contributed by atoms with Gasteiger partial charge in [0.2, 0.25) is 5.91 Å². The maximum absolute atomic E-state index is 13.1. The molecule has 1 saturated heterocycles. The first-order valence-corrected chi connectivity index (χ1v) is 12.7. The lowest BCUT2D eigenvalue weighted by atomic mass is 9.75. The van der Waals surface area contributed by atoms with Crippen molar-refractivity contribution in [3.8, 4) is 5.75 Å². The van der Waals surface area contributed by atoms with E-state index in [4.69, 9.17) is 16.3 Å². The molecule has 1 fully saturated rings. The topological polar surface area (TPSA) is 76.5 Å². The number of ether oxygens (including phenoxy) is 1. The Morgan fingerprint density at radius 2 is 2.06 bits per heavy atom. The van der Waals surface area contributed by atoms with Gasteiger partial charge in [0.25, 0.3) is 5.91 Å². The molecule has 1 unspecified atom stereocenters. The van der Waals surface area contributed by atoms with Crippen LogP contribution in [-0.2, 0) is 18.3 Å². The van der Waals surface area contributed by atoms with Crippen molar-refractivity contribution in [1.29, 1.82) is 0 Å². The second-order valence-electron chi connectivity index (χ2n) is 9.78. The van der Waals surface area contributed by atoms with Crippen LogP contribution in [0.1, 0.15) is 66.6 Å². The van der Waals surface area contributed by atoms with Crippen LogP contribution in [0.15, 0.2) is 24.4 Å². The van der Waals surface area contributed by atoms with E-state index in [2.05, 4.69) is 10.4 Å². The molecule has 1 aromatic heterocycles. The Balaban J connectivity index is 1.45. The Bertz CT molecular complexity index is 1040. The molecule has 1 spiro atoms. The minimum Gasteiger partial charge on any atom is -0.493 e. The molecule has 2 aromatic rings. The average Bonchev–Trinajstić information content (AvgIpc) is 3.15. The number of carbonyl (C=O) groups excluding carboxylic acids is 2. The fourth-order valence-electron chi connectivity index (χ4n) is 5.18. The highest BCUT2D eigenvalue weighted by Gasteiger charge is 2.37. The molecular weight excluding hydrogens is 452 g/mol. The minimum absolute atomic E-state index is 0.105. The van der Waals surface area contributed by atoms with Crippen molar-refractivity contribution in [3.63, 3.8) is 0 Å². The number of hydrogen-bond acceptors (Lipinski definition) is 4. The molecular formula is C26H35ClN4O3. The van der Waals surface area contributed by atoms with E-state index >= 15 is 0 Å².